The van der Waals surface area contributed by atoms with E-state index >= 15 is 0 Å². The highest BCUT2D eigenvalue weighted by atomic mass is 16.5. The number of aromatic nitrogens is 1. The predicted molar refractivity (Wildman–Crippen MR) is 160 cm³/mol. The third-order valence-electron chi connectivity index (χ3n) is 9.74. The number of carbonyl (C=O) groups is 2. The number of nitrogens with zero attached hydrogens (tertiary/aromatic N) is 5. The summed E-state index contributed by atoms with van der Waals surface area (Å²) < 4.78 is 11.4. The minimum Gasteiger partial charge on any atom is -0.459 e. The SMILES string of the molecule is O=C1c2ccccc2-c2onc3c(N4CCN(C5CCCCC5)CC4)cc(N4CCN(C(=O)c5ccco5)CC4)c1c23. The number of hydrogen-bond acceptors (Lipinski definition) is 8. The Morgan fingerprint density at radius 1 is 0.810 bits per heavy atom. The van der Waals surface area contributed by atoms with Crippen LogP contribution in [-0.2, 0) is 0 Å². The van der Waals surface area contributed by atoms with Crippen LogP contribution in [0.4, 0.5) is 11.4 Å². The van der Waals surface area contributed by atoms with Crippen molar-refractivity contribution in [3.8, 4) is 11.3 Å². The first-order valence-corrected chi connectivity index (χ1v) is 15.3. The molecule has 9 nitrogen and oxygen atoms in total. The lowest BCUT2D eigenvalue weighted by Gasteiger charge is -2.42. The Morgan fingerprint density at radius 2 is 1.52 bits per heavy atom. The number of piperazine rings is 2. The smallest absolute Gasteiger partial charge is 0.289 e. The summed E-state index contributed by atoms with van der Waals surface area (Å²) in [6, 6.07) is 14.0. The molecule has 4 heterocycles. The molecular weight excluding hydrogens is 530 g/mol. The van der Waals surface area contributed by atoms with Gasteiger partial charge < -0.3 is 23.6 Å². The summed E-state index contributed by atoms with van der Waals surface area (Å²) in [4.78, 5) is 36.2. The maximum absolute atomic E-state index is 14.1. The van der Waals surface area contributed by atoms with Crippen LogP contribution in [0.15, 0.2) is 57.7 Å². The lowest BCUT2D eigenvalue weighted by Crippen LogP contribution is -2.51. The van der Waals surface area contributed by atoms with Crippen molar-refractivity contribution in [2.75, 3.05) is 62.2 Å². The van der Waals surface area contributed by atoms with Crippen molar-refractivity contribution in [2.24, 2.45) is 0 Å². The van der Waals surface area contributed by atoms with Crippen LogP contribution in [0, 0.1) is 0 Å². The maximum atomic E-state index is 14.1. The van der Waals surface area contributed by atoms with E-state index in [0.29, 0.717) is 54.9 Å². The molecule has 3 fully saturated rings. The fourth-order valence-electron chi connectivity index (χ4n) is 7.49. The standard InChI is InChI=1S/C33H35N5O4/c39-31-23-9-4-5-10-24(23)32-29-28(31)25(36-16-18-38(19-17-36)33(40)27-11-6-20-41-27)21-26(30(29)34-42-32)37-14-12-35(13-15-37)22-7-2-1-3-8-22/h4-6,9-11,20-22H,1-3,7-8,12-19H2. The molecule has 2 aliphatic carbocycles. The zero-order valence-corrected chi connectivity index (χ0v) is 23.8. The normalized spacial score (nSPS) is 19.9. The molecule has 8 rings (SSSR count). The molecule has 0 N–H and O–H groups in total. The summed E-state index contributed by atoms with van der Waals surface area (Å²) in [5, 5.41) is 5.41. The van der Waals surface area contributed by atoms with Crippen LogP contribution in [0.1, 0.15) is 58.6 Å². The van der Waals surface area contributed by atoms with Gasteiger partial charge in [0.2, 0.25) is 0 Å². The van der Waals surface area contributed by atoms with E-state index in [9.17, 15) is 9.59 Å². The predicted octanol–water partition coefficient (Wildman–Crippen LogP) is 5.05. The number of ketones is 1. The Morgan fingerprint density at radius 3 is 2.26 bits per heavy atom. The summed E-state index contributed by atoms with van der Waals surface area (Å²) >= 11 is 0. The Hall–Kier alpha value is -4.11. The van der Waals surface area contributed by atoms with E-state index in [2.05, 4.69) is 25.9 Å². The van der Waals surface area contributed by atoms with Gasteiger partial charge in [0.1, 0.15) is 5.52 Å². The number of fused-ring (bicyclic) bond motifs is 2. The fourth-order valence-corrected chi connectivity index (χ4v) is 7.49. The van der Waals surface area contributed by atoms with Crippen LogP contribution in [0.5, 0.6) is 0 Å². The van der Waals surface area contributed by atoms with E-state index < -0.39 is 0 Å². The Bertz CT molecular complexity index is 1640. The summed E-state index contributed by atoms with van der Waals surface area (Å²) in [7, 11) is 0. The highest BCUT2D eigenvalue weighted by Gasteiger charge is 2.37. The van der Waals surface area contributed by atoms with Gasteiger partial charge >= 0.3 is 0 Å². The van der Waals surface area contributed by atoms with E-state index in [4.69, 9.17) is 8.94 Å². The first-order chi connectivity index (χ1) is 20.7. The van der Waals surface area contributed by atoms with Gasteiger partial charge in [-0.05, 0) is 31.0 Å². The molecule has 2 aromatic carbocycles. The molecule has 42 heavy (non-hydrogen) atoms. The van der Waals surface area contributed by atoms with E-state index in [1.807, 2.05) is 29.2 Å². The molecule has 2 aliphatic heterocycles. The summed E-state index contributed by atoms with van der Waals surface area (Å²) in [6.45, 7) is 6.24. The van der Waals surface area contributed by atoms with Gasteiger partial charge in [0.25, 0.3) is 5.91 Å². The number of rotatable bonds is 4. The minimum absolute atomic E-state index is 0.00376. The molecule has 0 bridgehead atoms. The molecule has 0 spiro atoms. The topological polar surface area (TPSA) is 86.3 Å². The van der Waals surface area contributed by atoms with Gasteiger partial charge in [0, 0.05) is 69.5 Å². The Balaban J connectivity index is 1.15. The second-order valence-corrected chi connectivity index (χ2v) is 12.0. The molecule has 4 aliphatic rings. The molecule has 9 heteroatoms. The van der Waals surface area contributed by atoms with Gasteiger partial charge in [-0.3, -0.25) is 14.5 Å². The van der Waals surface area contributed by atoms with Gasteiger partial charge in [0.15, 0.2) is 17.3 Å². The molecule has 0 unspecified atom stereocenters. The number of benzene rings is 2. The van der Waals surface area contributed by atoms with Crippen LogP contribution in [-0.4, -0.2) is 85.0 Å². The van der Waals surface area contributed by atoms with Crippen molar-refractivity contribution in [1.29, 1.82) is 0 Å². The Kier molecular flexibility index (Phi) is 6.28. The van der Waals surface area contributed by atoms with Crippen molar-refractivity contribution in [3.05, 3.63) is 65.6 Å². The molecule has 2 saturated heterocycles. The van der Waals surface area contributed by atoms with Crippen LogP contribution < -0.4 is 9.80 Å². The molecule has 1 saturated carbocycles. The Labute approximate surface area is 244 Å². The summed E-state index contributed by atoms with van der Waals surface area (Å²) in [5.74, 6) is 0.935. The van der Waals surface area contributed by atoms with E-state index in [1.54, 1.807) is 12.1 Å². The number of furan rings is 1. The van der Waals surface area contributed by atoms with Crippen molar-refractivity contribution in [2.45, 2.75) is 38.1 Å². The van der Waals surface area contributed by atoms with Crippen molar-refractivity contribution >= 4 is 34.0 Å². The summed E-state index contributed by atoms with van der Waals surface area (Å²) in [5.41, 5.74) is 4.81. The molecule has 216 valence electrons. The second-order valence-electron chi connectivity index (χ2n) is 12.0. The van der Waals surface area contributed by atoms with Gasteiger partial charge in [-0.15, -0.1) is 0 Å². The molecule has 2 aromatic heterocycles. The zero-order valence-electron chi connectivity index (χ0n) is 23.8. The average molecular weight is 566 g/mol. The average Bonchev–Trinajstić information content (AvgIpc) is 3.75. The van der Waals surface area contributed by atoms with Gasteiger partial charge in [-0.1, -0.05) is 48.7 Å². The lowest BCUT2D eigenvalue weighted by atomic mass is 9.86. The number of anilines is 2. The first-order valence-electron chi connectivity index (χ1n) is 15.3. The molecule has 0 atom stereocenters. The first kappa shape index (κ1) is 25.6. The molecule has 4 aromatic rings. The zero-order chi connectivity index (χ0) is 28.2. The molecule has 0 radical (unpaired) electrons. The van der Waals surface area contributed by atoms with Crippen LogP contribution in [0.3, 0.4) is 0 Å². The van der Waals surface area contributed by atoms with Crippen LogP contribution >= 0.6 is 0 Å². The van der Waals surface area contributed by atoms with E-state index in [0.717, 1.165) is 54.0 Å². The highest BCUT2D eigenvalue weighted by Crippen LogP contribution is 2.47. The minimum atomic E-state index is -0.0979. The lowest BCUT2D eigenvalue weighted by molar-refractivity contribution is 0.0714. The van der Waals surface area contributed by atoms with E-state index in [-0.39, 0.29) is 11.7 Å². The number of carbonyl (C=O) groups excluding carboxylic acids is 2. The van der Waals surface area contributed by atoms with E-state index in [1.165, 1.54) is 38.4 Å². The van der Waals surface area contributed by atoms with Gasteiger partial charge in [0.05, 0.1) is 28.6 Å². The monoisotopic (exact) mass is 565 g/mol. The number of amides is 1. The van der Waals surface area contributed by atoms with Gasteiger partial charge in [-0.25, -0.2) is 0 Å². The van der Waals surface area contributed by atoms with Crippen molar-refractivity contribution in [1.82, 2.24) is 15.0 Å². The third-order valence-corrected chi connectivity index (χ3v) is 9.74. The summed E-state index contributed by atoms with van der Waals surface area (Å²) in [6.07, 6.45) is 8.20. The largest absolute Gasteiger partial charge is 0.459 e. The third kappa shape index (κ3) is 4.13. The molecular formula is C33H35N5O4. The van der Waals surface area contributed by atoms with Crippen LogP contribution in [0.2, 0.25) is 0 Å². The van der Waals surface area contributed by atoms with Gasteiger partial charge in [-0.2, -0.15) is 0 Å². The highest BCUT2D eigenvalue weighted by molar-refractivity contribution is 6.28. The van der Waals surface area contributed by atoms with Crippen molar-refractivity contribution in [3.63, 3.8) is 0 Å². The van der Waals surface area contributed by atoms with Crippen LogP contribution in [0.25, 0.3) is 22.2 Å². The maximum Gasteiger partial charge on any atom is 0.289 e. The fraction of sp³-hybridized carbons (Fsp3) is 0.424. The van der Waals surface area contributed by atoms with Crippen molar-refractivity contribution < 1.29 is 18.5 Å². The number of hydrogen-bond donors (Lipinski definition) is 0. The quantitative estimate of drug-likeness (QED) is 0.299. The molecule has 1 amide bonds. The second kappa shape index (κ2) is 10.3.